The number of hydrogen-bond donors (Lipinski definition) is 1. The molecule has 0 aromatic heterocycles. The summed E-state index contributed by atoms with van der Waals surface area (Å²) in [5.41, 5.74) is -0.659. The number of benzene rings is 1. The van der Waals surface area contributed by atoms with Crippen LogP contribution in [0, 0.1) is 5.82 Å². The Morgan fingerprint density at radius 3 is 2.29 bits per heavy atom. The molecule has 0 saturated carbocycles. The van der Waals surface area contributed by atoms with E-state index in [9.17, 15) is 30.8 Å². The zero-order valence-corrected chi connectivity index (χ0v) is 11.6. The number of carbonyl (C=O) groups is 1. The highest BCUT2D eigenvalue weighted by Crippen LogP contribution is 2.20. The summed E-state index contributed by atoms with van der Waals surface area (Å²) in [6.07, 6.45) is -4.62. The Morgan fingerprint density at radius 1 is 1.33 bits per heavy atom. The fourth-order valence-corrected chi connectivity index (χ4v) is 2.09. The van der Waals surface area contributed by atoms with Crippen molar-refractivity contribution in [3.05, 3.63) is 29.6 Å². The average Bonchev–Trinajstić information content (AvgIpc) is 2.32. The smallest absolute Gasteiger partial charge is 0.330 e. The molecule has 1 aromatic carbocycles. The van der Waals surface area contributed by atoms with E-state index in [1.54, 1.807) is 0 Å². The van der Waals surface area contributed by atoms with Crippen molar-refractivity contribution >= 4 is 15.9 Å². The third kappa shape index (κ3) is 4.67. The molecule has 0 radical (unpaired) electrons. The molecule has 0 aliphatic carbocycles. The molecule has 0 spiro atoms. The SMILES string of the molecule is CCN(CC(F)(F)F)C(=O)c1ccc(S(N)(=O)=O)cc1F. The predicted octanol–water partition coefficient (Wildman–Crippen LogP) is 1.50. The van der Waals surface area contributed by atoms with Gasteiger partial charge >= 0.3 is 6.18 Å². The molecular formula is C11H12F4N2O3S. The molecule has 1 aromatic rings. The summed E-state index contributed by atoms with van der Waals surface area (Å²) in [5.74, 6) is -2.44. The van der Waals surface area contributed by atoms with Crippen molar-refractivity contribution in [1.82, 2.24) is 4.90 Å². The van der Waals surface area contributed by atoms with Crippen molar-refractivity contribution < 1.29 is 30.8 Å². The van der Waals surface area contributed by atoms with Crippen LogP contribution >= 0.6 is 0 Å². The van der Waals surface area contributed by atoms with Gasteiger partial charge < -0.3 is 4.90 Å². The fourth-order valence-electron chi connectivity index (χ4n) is 1.56. The molecule has 118 valence electrons. The first-order valence-electron chi connectivity index (χ1n) is 5.64. The third-order valence-electron chi connectivity index (χ3n) is 2.54. The van der Waals surface area contributed by atoms with Crippen molar-refractivity contribution in [3.63, 3.8) is 0 Å². The highest BCUT2D eigenvalue weighted by molar-refractivity contribution is 7.89. The summed E-state index contributed by atoms with van der Waals surface area (Å²) >= 11 is 0. The van der Waals surface area contributed by atoms with E-state index < -0.39 is 44.9 Å². The normalized spacial score (nSPS) is 12.3. The van der Waals surface area contributed by atoms with Gasteiger partial charge in [-0.3, -0.25) is 4.79 Å². The van der Waals surface area contributed by atoms with E-state index in [-0.39, 0.29) is 6.54 Å². The first-order chi connectivity index (χ1) is 9.45. The number of hydrogen-bond acceptors (Lipinski definition) is 3. The molecule has 0 heterocycles. The summed E-state index contributed by atoms with van der Waals surface area (Å²) in [7, 11) is -4.17. The van der Waals surface area contributed by atoms with Gasteiger partial charge in [0.25, 0.3) is 5.91 Å². The van der Waals surface area contributed by atoms with Crippen LogP contribution in [-0.2, 0) is 10.0 Å². The second kappa shape index (κ2) is 5.98. The van der Waals surface area contributed by atoms with Crippen LogP contribution in [0.5, 0.6) is 0 Å². The minimum absolute atomic E-state index is 0.283. The number of nitrogens with zero attached hydrogens (tertiary/aromatic N) is 1. The van der Waals surface area contributed by atoms with E-state index in [4.69, 9.17) is 5.14 Å². The summed E-state index contributed by atoms with van der Waals surface area (Å²) in [6.45, 7) is -0.506. The van der Waals surface area contributed by atoms with Crippen LogP contribution in [0.15, 0.2) is 23.1 Å². The van der Waals surface area contributed by atoms with Crippen LogP contribution in [0.2, 0.25) is 0 Å². The van der Waals surface area contributed by atoms with Gasteiger partial charge in [-0.15, -0.1) is 0 Å². The first-order valence-corrected chi connectivity index (χ1v) is 7.18. The number of rotatable bonds is 4. The van der Waals surface area contributed by atoms with Gasteiger partial charge in [-0.05, 0) is 25.1 Å². The minimum atomic E-state index is -4.62. The number of alkyl halides is 3. The molecule has 0 aliphatic heterocycles. The molecule has 1 rings (SSSR count). The molecule has 0 unspecified atom stereocenters. The lowest BCUT2D eigenvalue weighted by molar-refractivity contribution is -0.140. The topological polar surface area (TPSA) is 80.5 Å². The lowest BCUT2D eigenvalue weighted by atomic mass is 10.2. The van der Waals surface area contributed by atoms with Gasteiger partial charge in [0.15, 0.2) is 0 Å². The van der Waals surface area contributed by atoms with Crippen LogP contribution in [0.4, 0.5) is 17.6 Å². The van der Waals surface area contributed by atoms with Crippen LogP contribution < -0.4 is 5.14 Å². The number of amides is 1. The van der Waals surface area contributed by atoms with E-state index in [1.165, 1.54) is 6.92 Å². The largest absolute Gasteiger partial charge is 0.406 e. The maximum atomic E-state index is 13.7. The summed E-state index contributed by atoms with van der Waals surface area (Å²) < 4.78 is 72.7. The number of primary sulfonamides is 1. The standard InChI is InChI=1S/C11H12F4N2O3S/c1-2-17(6-11(13,14)15)10(18)8-4-3-7(5-9(8)12)21(16,19)20/h3-5H,2,6H2,1H3,(H2,16,19,20). The number of sulfonamides is 1. The van der Waals surface area contributed by atoms with Crippen molar-refractivity contribution in [3.8, 4) is 0 Å². The maximum Gasteiger partial charge on any atom is 0.406 e. The van der Waals surface area contributed by atoms with Crippen molar-refractivity contribution in [2.45, 2.75) is 18.0 Å². The summed E-state index contributed by atoms with van der Waals surface area (Å²) in [4.78, 5) is 11.7. The van der Waals surface area contributed by atoms with Crippen LogP contribution in [-0.4, -0.2) is 38.5 Å². The first kappa shape index (κ1) is 17.4. The van der Waals surface area contributed by atoms with Crippen molar-refractivity contribution in [2.75, 3.05) is 13.1 Å². The molecule has 1 amide bonds. The highest BCUT2D eigenvalue weighted by atomic mass is 32.2. The zero-order chi connectivity index (χ0) is 16.4. The fraction of sp³-hybridized carbons (Fsp3) is 0.364. The Morgan fingerprint density at radius 2 is 1.90 bits per heavy atom. The number of halogens is 4. The van der Waals surface area contributed by atoms with E-state index in [1.807, 2.05) is 0 Å². The van der Waals surface area contributed by atoms with Crippen molar-refractivity contribution in [1.29, 1.82) is 0 Å². The third-order valence-corrected chi connectivity index (χ3v) is 3.45. The van der Waals surface area contributed by atoms with Gasteiger partial charge in [-0.1, -0.05) is 0 Å². The average molecular weight is 328 g/mol. The maximum absolute atomic E-state index is 13.7. The van der Waals surface area contributed by atoms with Gasteiger partial charge in [-0.25, -0.2) is 17.9 Å². The van der Waals surface area contributed by atoms with Gasteiger partial charge in [0.1, 0.15) is 12.4 Å². The minimum Gasteiger partial charge on any atom is -0.330 e. The summed E-state index contributed by atoms with van der Waals surface area (Å²) in [5, 5.41) is 4.78. The lowest BCUT2D eigenvalue weighted by Gasteiger charge is -2.22. The molecule has 5 nitrogen and oxygen atoms in total. The van der Waals surface area contributed by atoms with Gasteiger partial charge in [0, 0.05) is 6.54 Å². The summed E-state index contributed by atoms with van der Waals surface area (Å²) in [6, 6.07) is 2.13. The molecule has 2 N–H and O–H groups in total. The molecule has 21 heavy (non-hydrogen) atoms. The number of carbonyl (C=O) groups excluding carboxylic acids is 1. The van der Waals surface area contributed by atoms with Crippen LogP contribution in [0.3, 0.4) is 0 Å². The molecule has 0 saturated heterocycles. The van der Waals surface area contributed by atoms with E-state index in [2.05, 4.69) is 0 Å². The van der Waals surface area contributed by atoms with Crippen LogP contribution in [0.1, 0.15) is 17.3 Å². The van der Waals surface area contributed by atoms with Gasteiger partial charge in [0.05, 0.1) is 10.5 Å². The van der Waals surface area contributed by atoms with E-state index >= 15 is 0 Å². The lowest BCUT2D eigenvalue weighted by Crippen LogP contribution is -2.39. The number of nitrogens with two attached hydrogens (primary N) is 1. The Labute approximate surface area is 118 Å². The molecule has 0 atom stereocenters. The van der Waals surface area contributed by atoms with E-state index in [0.717, 1.165) is 12.1 Å². The second-order valence-electron chi connectivity index (χ2n) is 4.12. The Balaban J connectivity index is 3.13. The van der Waals surface area contributed by atoms with Gasteiger partial charge in [-0.2, -0.15) is 13.2 Å². The Kier molecular flexibility index (Phi) is 4.95. The molecular weight excluding hydrogens is 316 g/mol. The van der Waals surface area contributed by atoms with Crippen LogP contribution in [0.25, 0.3) is 0 Å². The second-order valence-corrected chi connectivity index (χ2v) is 5.68. The van der Waals surface area contributed by atoms with Crippen molar-refractivity contribution in [2.24, 2.45) is 5.14 Å². The molecule has 10 heteroatoms. The molecule has 0 bridgehead atoms. The van der Waals surface area contributed by atoms with Gasteiger partial charge in [0.2, 0.25) is 10.0 Å². The predicted molar refractivity (Wildman–Crippen MR) is 65.4 cm³/mol. The Hall–Kier alpha value is -1.68. The molecule has 0 aliphatic rings. The quantitative estimate of drug-likeness (QED) is 0.851. The van der Waals surface area contributed by atoms with E-state index in [0.29, 0.717) is 11.0 Å². The zero-order valence-electron chi connectivity index (χ0n) is 10.8. The highest BCUT2D eigenvalue weighted by Gasteiger charge is 2.33. The molecule has 0 fully saturated rings. The monoisotopic (exact) mass is 328 g/mol. The Bertz CT molecular complexity index is 643.